The third-order valence-electron chi connectivity index (χ3n) is 1.45. The highest BCUT2D eigenvalue weighted by Crippen LogP contribution is 2.21. The zero-order chi connectivity index (χ0) is 10.6. The molecule has 0 spiro atoms. The Morgan fingerprint density at radius 2 is 2.57 bits per heavy atom. The smallest absolute Gasteiger partial charge is 0.302 e. The Morgan fingerprint density at radius 1 is 1.86 bits per heavy atom. The molecule has 0 bridgehead atoms. The van der Waals surface area contributed by atoms with Gasteiger partial charge < -0.3 is 10.5 Å². The molecule has 1 aromatic rings. The van der Waals surface area contributed by atoms with Crippen LogP contribution in [0.3, 0.4) is 0 Å². The Morgan fingerprint density at radius 3 is 3.00 bits per heavy atom. The van der Waals surface area contributed by atoms with Crippen LogP contribution in [0.2, 0.25) is 0 Å². The van der Waals surface area contributed by atoms with Crippen molar-refractivity contribution in [2.75, 3.05) is 12.3 Å². The first-order valence-corrected chi connectivity index (χ1v) is 4.68. The highest BCUT2D eigenvalue weighted by Gasteiger charge is 2.16. The number of carbonyl (C=O) groups is 1. The van der Waals surface area contributed by atoms with Crippen LogP contribution in [0, 0.1) is 4.91 Å². The molecular weight excluding hydrogens is 206 g/mol. The molecule has 0 amide bonds. The molecule has 0 radical (unpaired) electrons. The molecule has 7 heteroatoms. The Bertz CT molecular complexity index is 339. The molecule has 0 aliphatic heterocycles. The van der Waals surface area contributed by atoms with Crippen LogP contribution in [0.15, 0.2) is 10.6 Å². The SMILES string of the molecule is CC(=O)OCC(N=O)c1csc(N)n1. The van der Waals surface area contributed by atoms with Crippen molar-refractivity contribution in [1.82, 2.24) is 4.98 Å². The summed E-state index contributed by atoms with van der Waals surface area (Å²) in [5.74, 6) is -0.457. The van der Waals surface area contributed by atoms with Gasteiger partial charge in [0.1, 0.15) is 6.61 Å². The first-order valence-electron chi connectivity index (χ1n) is 3.80. The maximum Gasteiger partial charge on any atom is 0.302 e. The average molecular weight is 215 g/mol. The highest BCUT2D eigenvalue weighted by molar-refractivity contribution is 7.13. The number of carbonyl (C=O) groups excluding carboxylic acids is 1. The van der Waals surface area contributed by atoms with E-state index in [2.05, 4.69) is 14.9 Å². The Hall–Kier alpha value is -1.50. The first-order chi connectivity index (χ1) is 6.63. The second-order valence-corrected chi connectivity index (χ2v) is 3.42. The van der Waals surface area contributed by atoms with Gasteiger partial charge in [0.05, 0.1) is 5.69 Å². The number of nitroso groups, excluding NO2 is 1. The van der Waals surface area contributed by atoms with E-state index in [9.17, 15) is 9.70 Å². The number of hydrogen-bond donors (Lipinski definition) is 1. The molecule has 1 rings (SSSR count). The maximum absolute atomic E-state index is 10.5. The van der Waals surface area contributed by atoms with E-state index >= 15 is 0 Å². The predicted octanol–water partition coefficient (Wildman–Crippen LogP) is 1.10. The van der Waals surface area contributed by atoms with Crippen molar-refractivity contribution < 1.29 is 9.53 Å². The van der Waals surface area contributed by atoms with Crippen LogP contribution >= 0.6 is 11.3 Å². The van der Waals surface area contributed by atoms with E-state index < -0.39 is 12.0 Å². The Balaban J connectivity index is 2.62. The standard InChI is InChI=1S/C7H9N3O3S/c1-4(11)13-2-5(10-12)6-3-14-7(8)9-6/h3,5H,2H2,1H3,(H2,8,9). The summed E-state index contributed by atoms with van der Waals surface area (Å²) >= 11 is 1.21. The molecule has 0 saturated heterocycles. The minimum atomic E-state index is -0.771. The molecule has 76 valence electrons. The van der Waals surface area contributed by atoms with Crippen LogP contribution < -0.4 is 5.73 Å². The molecule has 0 aliphatic rings. The van der Waals surface area contributed by atoms with E-state index in [0.29, 0.717) is 10.8 Å². The largest absolute Gasteiger partial charge is 0.463 e. The number of nitrogens with zero attached hydrogens (tertiary/aromatic N) is 2. The fraction of sp³-hybridized carbons (Fsp3) is 0.429. The summed E-state index contributed by atoms with van der Waals surface area (Å²) in [6, 6.07) is -0.771. The fourth-order valence-corrected chi connectivity index (χ4v) is 1.43. The second kappa shape index (κ2) is 4.66. The molecule has 1 unspecified atom stereocenters. The topological polar surface area (TPSA) is 94.6 Å². The molecule has 0 aromatic carbocycles. The lowest BCUT2D eigenvalue weighted by molar-refractivity contribution is -0.141. The summed E-state index contributed by atoms with van der Waals surface area (Å²) in [6.45, 7) is 1.17. The molecule has 1 heterocycles. The third-order valence-corrected chi connectivity index (χ3v) is 2.14. The molecule has 0 aliphatic carbocycles. The average Bonchev–Trinajstić information content (AvgIpc) is 2.53. The van der Waals surface area contributed by atoms with E-state index in [1.54, 1.807) is 5.38 Å². The van der Waals surface area contributed by atoms with Gasteiger partial charge in [0, 0.05) is 12.3 Å². The zero-order valence-corrected chi connectivity index (χ0v) is 8.28. The van der Waals surface area contributed by atoms with E-state index in [-0.39, 0.29) is 6.61 Å². The van der Waals surface area contributed by atoms with Crippen molar-refractivity contribution in [3.05, 3.63) is 16.0 Å². The van der Waals surface area contributed by atoms with Crippen molar-refractivity contribution in [1.29, 1.82) is 0 Å². The number of nitrogens with two attached hydrogens (primary N) is 1. The van der Waals surface area contributed by atoms with Crippen molar-refractivity contribution >= 4 is 22.4 Å². The number of ether oxygens (including phenoxy) is 1. The molecule has 1 atom stereocenters. The van der Waals surface area contributed by atoms with E-state index in [0.717, 1.165) is 0 Å². The maximum atomic E-state index is 10.5. The van der Waals surface area contributed by atoms with Crippen LogP contribution in [0.5, 0.6) is 0 Å². The van der Waals surface area contributed by atoms with Gasteiger partial charge in [-0.3, -0.25) is 4.79 Å². The van der Waals surface area contributed by atoms with Crippen molar-refractivity contribution in [2.24, 2.45) is 5.18 Å². The van der Waals surface area contributed by atoms with Crippen LogP contribution in [0.4, 0.5) is 5.13 Å². The number of nitrogen functional groups attached to an aromatic ring is 1. The van der Waals surface area contributed by atoms with Gasteiger partial charge in [0.15, 0.2) is 11.2 Å². The normalized spacial score (nSPS) is 12.1. The molecule has 0 fully saturated rings. The molecule has 1 aromatic heterocycles. The van der Waals surface area contributed by atoms with Gasteiger partial charge in [-0.15, -0.1) is 16.2 Å². The quantitative estimate of drug-likeness (QED) is 0.599. The van der Waals surface area contributed by atoms with Gasteiger partial charge in [-0.2, -0.15) is 0 Å². The number of esters is 1. The Kier molecular flexibility index (Phi) is 3.52. The van der Waals surface area contributed by atoms with E-state index in [1.807, 2.05) is 0 Å². The van der Waals surface area contributed by atoms with Crippen LogP contribution in [-0.2, 0) is 9.53 Å². The van der Waals surface area contributed by atoms with Crippen LogP contribution in [0.1, 0.15) is 18.7 Å². The lowest BCUT2D eigenvalue weighted by atomic mass is 10.2. The van der Waals surface area contributed by atoms with E-state index in [1.165, 1.54) is 18.3 Å². The highest BCUT2D eigenvalue weighted by atomic mass is 32.1. The fourth-order valence-electron chi connectivity index (χ4n) is 0.820. The van der Waals surface area contributed by atoms with Crippen molar-refractivity contribution in [2.45, 2.75) is 13.0 Å². The van der Waals surface area contributed by atoms with Gasteiger partial charge in [-0.05, 0) is 0 Å². The summed E-state index contributed by atoms with van der Waals surface area (Å²) in [7, 11) is 0. The molecule has 0 saturated carbocycles. The van der Waals surface area contributed by atoms with Gasteiger partial charge in [-0.1, -0.05) is 5.18 Å². The number of anilines is 1. The summed E-state index contributed by atoms with van der Waals surface area (Å²) in [4.78, 5) is 24.8. The second-order valence-electron chi connectivity index (χ2n) is 2.53. The number of rotatable bonds is 4. The lowest BCUT2D eigenvalue weighted by Crippen LogP contribution is -2.09. The summed E-state index contributed by atoms with van der Waals surface area (Å²) in [5.41, 5.74) is 5.82. The lowest BCUT2D eigenvalue weighted by Gasteiger charge is -2.05. The Labute approximate surface area is 84.1 Å². The third kappa shape index (κ3) is 2.77. The van der Waals surface area contributed by atoms with Gasteiger partial charge in [0.2, 0.25) is 0 Å². The van der Waals surface area contributed by atoms with Gasteiger partial charge in [0.25, 0.3) is 0 Å². The number of aromatic nitrogens is 1. The minimum Gasteiger partial charge on any atom is -0.463 e. The molecule has 6 nitrogen and oxygen atoms in total. The molecular formula is C7H9N3O3S. The van der Waals surface area contributed by atoms with Gasteiger partial charge in [-0.25, -0.2) is 4.98 Å². The first kappa shape index (κ1) is 10.6. The summed E-state index contributed by atoms with van der Waals surface area (Å²) < 4.78 is 4.65. The summed E-state index contributed by atoms with van der Waals surface area (Å²) in [6.07, 6.45) is 0. The molecule has 14 heavy (non-hydrogen) atoms. The van der Waals surface area contributed by atoms with Gasteiger partial charge >= 0.3 is 5.97 Å². The molecule has 2 N–H and O–H groups in total. The number of thiazole rings is 1. The van der Waals surface area contributed by atoms with Crippen LogP contribution in [-0.4, -0.2) is 17.6 Å². The predicted molar refractivity (Wildman–Crippen MR) is 51.7 cm³/mol. The van der Waals surface area contributed by atoms with E-state index in [4.69, 9.17) is 5.73 Å². The monoisotopic (exact) mass is 215 g/mol. The number of hydrogen-bond acceptors (Lipinski definition) is 7. The zero-order valence-electron chi connectivity index (χ0n) is 7.47. The van der Waals surface area contributed by atoms with Crippen molar-refractivity contribution in [3.63, 3.8) is 0 Å². The minimum absolute atomic E-state index is 0.0952. The van der Waals surface area contributed by atoms with Crippen LogP contribution in [0.25, 0.3) is 0 Å². The van der Waals surface area contributed by atoms with Crippen molar-refractivity contribution in [3.8, 4) is 0 Å². The summed E-state index contributed by atoms with van der Waals surface area (Å²) in [5, 5.41) is 4.78.